The lowest BCUT2D eigenvalue weighted by Gasteiger charge is -2.12. The number of amides is 2. The van der Waals surface area contributed by atoms with Gasteiger partial charge in [0.15, 0.2) is 17.6 Å². The molecule has 236 valence electrons. The summed E-state index contributed by atoms with van der Waals surface area (Å²) in [6, 6.07) is 14.4. The van der Waals surface area contributed by atoms with Crippen molar-refractivity contribution in [3.05, 3.63) is 82.2 Å². The molecule has 2 N–H and O–H groups in total. The van der Waals surface area contributed by atoms with Gasteiger partial charge in [-0.3, -0.25) is 14.2 Å². The van der Waals surface area contributed by atoms with Crippen LogP contribution in [0.1, 0.15) is 45.3 Å². The number of benzene rings is 2. The van der Waals surface area contributed by atoms with Gasteiger partial charge in [0.1, 0.15) is 21.4 Å². The third-order valence-corrected chi connectivity index (χ3v) is 8.13. The highest BCUT2D eigenvalue weighted by Gasteiger charge is 2.27. The van der Waals surface area contributed by atoms with Gasteiger partial charge in [0, 0.05) is 5.69 Å². The number of nitrogens with one attached hydrogen (secondary N) is 2. The molecular formula is C30H30FN5O7S2. The molecule has 4 aromatic rings. The van der Waals surface area contributed by atoms with Gasteiger partial charge < -0.3 is 24.8 Å². The Balaban J connectivity index is 1.48. The second-order valence-electron chi connectivity index (χ2n) is 9.13. The quantitative estimate of drug-likeness (QED) is 0.146. The smallest absolute Gasteiger partial charge is 0.348 e. The summed E-state index contributed by atoms with van der Waals surface area (Å²) in [7, 11) is 0. The van der Waals surface area contributed by atoms with Gasteiger partial charge in [0.2, 0.25) is 5.91 Å². The lowest BCUT2D eigenvalue weighted by molar-refractivity contribution is -0.123. The summed E-state index contributed by atoms with van der Waals surface area (Å²) in [5, 5.41) is 14.2. The van der Waals surface area contributed by atoms with E-state index in [1.54, 1.807) is 49.6 Å². The maximum atomic E-state index is 13.7. The fourth-order valence-electron chi connectivity index (χ4n) is 3.99. The number of hydrogen-bond acceptors (Lipinski definition) is 11. The molecule has 0 saturated carbocycles. The maximum Gasteiger partial charge on any atom is 0.348 e. The maximum absolute atomic E-state index is 13.7. The topological polar surface area (TPSA) is 151 Å². The van der Waals surface area contributed by atoms with Crippen molar-refractivity contribution < 1.29 is 37.8 Å². The first-order valence-corrected chi connectivity index (χ1v) is 15.6. The second-order valence-corrected chi connectivity index (χ2v) is 11.1. The number of ether oxygens (including phenoxy) is 3. The van der Waals surface area contributed by atoms with Crippen molar-refractivity contribution in [2.45, 2.75) is 32.5 Å². The van der Waals surface area contributed by atoms with E-state index in [4.69, 9.17) is 14.2 Å². The van der Waals surface area contributed by atoms with Crippen LogP contribution >= 0.6 is 23.1 Å². The van der Waals surface area contributed by atoms with Crippen LogP contribution in [0.3, 0.4) is 0 Å². The molecule has 12 nitrogen and oxygen atoms in total. The van der Waals surface area contributed by atoms with E-state index in [9.17, 15) is 23.6 Å². The number of aromatic nitrogens is 3. The SMILES string of the molecule is CCOC(=O)c1sc(NC(=O)CSc2nnc(CNC(=O)COc3ccccc3)n2-c2ccc(F)cc2)c(C(=O)OCC)c1C. The molecule has 4 rings (SSSR count). The Morgan fingerprint density at radius 2 is 1.62 bits per heavy atom. The van der Waals surface area contributed by atoms with Crippen molar-refractivity contribution in [1.82, 2.24) is 20.1 Å². The van der Waals surface area contributed by atoms with E-state index < -0.39 is 29.6 Å². The number of anilines is 1. The summed E-state index contributed by atoms with van der Waals surface area (Å²) >= 11 is 1.95. The minimum Gasteiger partial charge on any atom is -0.484 e. The van der Waals surface area contributed by atoms with E-state index in [0.29, 0.717) is 28.0 Å². The third kappa shape index (κ3) is 8.67. The number of esters is 2. The molecule has 0 aliphatic heterocycles. The molecule has 2 heterocycles. The van der Waals surface area contributed by atoms with Crippen LogP contribution < -0.4 is 15.4 Å². The Morgan fingerprint density at radius 3 is 2.31 bits per heavy atom. The van der Waals surface area contributed by atoms with Crippen molar-refractivity contribution in [3.63, 3.8) is 0 Å². The van der Waals surface area contributed by atoms with Crippen molar-refractivity contribution in [2.75, 3.05) is 30.9 Å². The summed E-state index contributed by atoms with van der Waals surface area (Å²) in [6.07, 6.45) is 0. The predicted octanol–water partition coefficient (Wildman–Crippen LogP) is 4.56. The lowest BCUT2D eigenvalue weighted by atomic mass is 10.1. The molecule has 45 heavy (non-hydrogen) atoms. The van der Waals surface area contributed by atoms with Gasteiger partial charge in [0.25, 0.3) is 5.91 Å². The molecule has 0 atom stereocenters. The lowest BCUT2D eigenvalue weighted by Crippen LogP contribution is -2.29. The Labute approximate surface area is 266 Å². The van der Waals surface area contributed by atoms with Crippen molar-refractivity contribution >= 4 is 51.9 Å². The van der Waals surface area contributed by atoms with E-state index in [0.717, 1.165) is 23.1 Å². The highest BCUT2D eigenvalue weighted by atomic mass is 32.2. The number of thioether (sulfide) groups is 1. The number of hydrogen-bond donors (Lipinski definition) is 2. The first kappa shape index (κ1) is 33.1. The van der Waals surface area contributed by atoms with Gasteiger partial charge in [-0.1, -0.05) is 30.0 Å². The summed E-state index contributed by atoms with van der Waals surface area (Å²) in [4.78, 5) is 50.8. The second kappa shape index (κ2) is 15.8. The standard InChI is InChI=1S/C30H30FN5O7S2/c1-4-41-28(39)25-18(3)26(29(40)42-5-2)45-27(25)33-24(38)17-44-30-35-34-22(36(30)20-13-11-19(31)12-14-20)15-32-23(37)16-43-21-9-7-6-8-10-21/h6-14H,4-5,15-17H2,1-3H3,(H,32,37)(H,33,38). The fourth-order valence-corrected chi connectivity index (χ4v) is 5.86. The molecule has 0 saturated heterocycles. The van der Waals surface area contributed by atoms with Crippen LogP contribution in [0.15, 0.2) is 59.8 Å². The molecule has 0 aliphatic carbocycles. The van der Waals surface area contributed by atoms with Gasteiger partial charge in [-0.15, -0.1) is 21.5 Å². The Bertz CT molecular complexity index is 1660. The zero-order chi connectivity index (χ0) is 32.3. The van der Waals surface area contributed by atoms with Gasteiger partial charge in [-0.25, -0.2) is 14.0 Å². The molecule has 2 aromatic heterocycles. The molecule has 0 fully saturated rings. The Morgan fingerprint density at radius 1 is 0.933 bits per heavy atom. The molecular weight excluding hydrogens is 625 g/mol. The van der Waals surface area contributed by atoms with Crippen LogP contribution in [0.4, 0.5) is 9.39 Å². The number of carbonyl (C=O) groups is 4. The van der Waals surface area contributed by atoms with E-state index >= 15 is 0 Å². The zero-order valence-electron chi connectivity index (χ0n) is 24.6. The van der Waals surface area contributed by atoms with E-state index in [1.165, 1.54) is 24.3 Å². The summed E-state index contributed by atoms with van der Waals surface area (Å²) in [5.74, 6) is -1.92. The minimum absolute atomic E-state index is 0.0257. The average molecular weight is 656 g/mol. The number of thiophene rings is 1. The van der Waals surface area contributed by atoms with Gasteiger partial charge in [-0.2, -0.15) is 0 Å². The highest BCUT2D eigenvalue weighted by molar-refractivity contribution is 7.99. The fraction of sp³-hybridized carbons (Fsp3) is 0.267. The highest BCUT2D eigenvalue weighted by Crippen LogP contribution is 2.34. The third-order valence-electron chi connectivity index (χ3n) is 6.01. The summed E-state index contributed by atoms with van der Waals surface area (Å²) in [6.45, 7) is 4.90. The van der Waals surface area contributed by atoms with Crippen molar-refractivity contribution in [3.8, 4) is 11.4 Å². The Hall–Kier alpha value is -4.76. The van der Waals surface area contributed by atoms with Crippen LogP contribution in [0, 0.1) is 12.7 Å². The molecule has 15 heteroatoms. The van der Waals surface area contributed by atoms with E-state index in [-0.39, 0.29) is 47.6 Å². The molecule has 2 amide bonds. The average Bonchev–Trinajstić information content (AvgIpc) is 3.59. The number of rotatable bonds is 14. The van der Waals surface area contributed by atoms with E-state index in [1.807, 2.05) is 6.07 Å². The Kier molecular flexibility index (Phi) is 11.6. The van der Waals surface area contributed by atoms with Crippen LogP contribution in [0.2, 0.25) is 0 Å². The number of nitrogens with zero attached hydrogens (tertiary/aromatic N) is 3. The first-order valence-electron chi connectivity index (χ1n) is 13.8. The van der Waals surface area contributed by atoms with Crippen LogP contribution in [0.5, 0.6) is 5.75 Å². The molecule has 0 bridgehead atoms. The van der Waals surface area contributed by atoms with Crippen LogP contribution in [-0.2, 0) is 25.6 Å². The summed E-state index contributed by atoms with van der Waals surface area (Å²) < 4.78 is 31.0. The molecule has 2 aromatic carbocycles. The van der Waals surface area contributed by atoms with Crippen LogP contribution in [0.25, 0.3) is 5.69 Å². The van der Waals surface area contributed by atoms with E-state index in [2.05, 4.69) is 20.8 Å². The number of halogens is 1. The predicted molar refractivity (Wildman–Crippen MR) is 165 cm³/mol. The molecule has 0 radical (unpaired) electrons. The molecule has 0 spiro atoms. The number of para-hydroxylation sites is 1. The van der Waals surface area contributed by atoms with Gasteiger partial charge >= 0.3 is 11.9 Å². The van der Waals surface area contributed by atoms with Crippen molar-refractivity contribution in [2.24, 2.45) is 0 Å². The van der Waals surface area contributed by atoms with Gasteiger partial charge in [-0.05, 0) is 62.7 Å². The normalized spacial score (nSPS) is 10.7. The summed E-state index contributed by atoms with van der Waals surface area (Å²) in [5.41, 5.74) is 0.926. The monoisotopic (exact) mass is 655 g/mol. The zero-order valence-corrected chi connectivity index (χ0v) is 26.3. The minimum atomic E-state index is -0.679. The van der Waals surface area contributed by atoms with Crippen molar-refractivity contribution in [1.29, 1.82) is 0 Å². The molecule has 0 unspecified atom stereocenters. The van der Waals surface area contributed by atoms with Gasteiger partial charge in [0.05, 0.1) is 31.1 Å². The molecule has 0 aliphatic rings. The first-order chi connectivity index (χ1) is 21.7. The largest absolute Gasteiger partial charge is 0.484 e. The van der Waals surface area contributed by atoms with Crippen LogP contribution in [-0.4, -0.2) is 64.1 Å². The number of carbonyl (C=O) groups excluding carboxylic acids is 4.